The molecular weight excluding hydrogens is 349 g/mol. The fourth-order valence-corrected chi connectivity index (χ4v) is 3.54. The monoisotopic (exact) mass is 366 g/mol. The normalized spacial score (nSPS) is 16.5. The van der Waals surface area contributed by atoms with Crippen LogP contribution in [0.2, 0.25) is 0 Å². The van der Waals surface area contributed by atoms with Gasteiger partial charge in [-0.05, 0) is 24.6 Å². The van der Waals surface area contributed by atoms with Crippen molar-refractivity contribution in [3.8, 4) is 6.07 Å². The maximum absolute atomic E-state index is 12.8. The number of aromatic nitrogens is 1. The lowest BCUT2D eigenvalue weighted by Gasteiger charge is -2.25. The summed E-state index contributed by atoms with van der Waals surface area (Å²) in [5.74, 6) is 0. The summed E-state index contributed by atoms with van der Waals surface area (Å²) < 4.78 is 38.5. The van der Waals surface area contributed by atoms with Crippen molar-refractivity contribution >= 4 is 17.0 Å². The Balaban J connectivity index is 1.73. The summed E-state index contributed by atoms with van der Waals surface area (Å²) >= 11 is 1.56. The Labute approximate surface area is 148 Å². The molecule has 3 rings (SSSR count). The molecule has 2 aromatic rings. The average Bonchev–Trinajstić information content (AvgIpc) is 2.98. The quantitative estimate of drug-likeness (QED) is 0.830. The third kappa shape index (κ3) is 4.30. The highest BCUT2D eigenvalue weighted by atomic mass is 32.1. The highest BCUT2D eigenvalue weighted by Crippen LogP contribution is 2.33. The van der Waals surface area contributed by atoms with E-state index in [0.717, 1.165) is 43.9 Å². The van der Waals surface area contributed by atoms with E-state index >= 15 is 0 Å². The average molecular weight is 366 g/mol. The zero-order valence-electron chi connectivity index (χ0n) is 13.5. The van der Waals surface area contributed by atoms with Crippen LogP contribution < -0.4 is 4.90 Å². The van der Waals surface area contributed by atoms with Crippen molar-refractivity contribution in [2.75, 3.05) is 31.1 Å². The molecule has 2 heterocycles. The Morgan fingerprint density at radius 1 is 1.20 bits per heavy atom. The Morgan fingerprint density at radius 3 is 2.72 bits per heavy atom. The first-order chi connectivity index (χ1) is 12.0. The van der Waals surface area contributed by atoms with E-state index < -0.39 is 11.7 Å². The summed E-state index contributed by atoms with van der Waals surface area (Å²) in [7, 11) is 0. The molecule has 1 aromatic heterocycles. The van der Waals surface area contributed by atoms with Crippen molar-refractivity contribution in [2.45, 2.75) is 19.1 Å². The number of rotatable bonds is 3. The molecule has 0 atom stereocenters. The van der Waals surface area contributed by atoms with Crippen molar-refractivity contribution in [1.82, 2.24) is 9.88 Å². The zero-order valence-corrected chi connectivity index (χ0v) is 14.3. The topological polar surface area (TPSA) is 43.2 Å². The standard InChI is InChI=1S/C17H17F3N4S/c18-17(19,20)14-2-3-16(13(8-14)9-21)24-5-1-4-23(6-7-24)10-15-11-25-12-22-15/h2-3,8,11-12H,1,4-7,10H2. The van der Waals surface area contributed by atoms with Crippen LogP contribution in [0.5, 0.6) is 0 Å². The van der Waals surface area contributed by atoms with Crippen LogP contribution in [0.15, 0.2) is 29.1 Å². The van der Waals surface area contributed by atoms with Crippen molar-refractivity contribution in [3.63, 3.8) is 0 Å². The van der Waals surface area contributed by atoms with Crippen LogP contribution in [0.1, 0.15) is 23.2 Å². The van der Waals surface area contributed by atoms with Gasteiger partial charge in [-0.2, -0.15) is 18.4 Å². The lowest BCUT2D eigenvalue weighted by molar-refractivity contribution is -0.137. The smallest absolute Gasteiger partial charge is 0.369 e. The lowest BCUT2D eigenvalue weighted by atomic mass is 10.1. The van der Waals surface area contributed by atoms with Gasteiger partial charge in [-0.25, -0.2) is 4.98 Å². The van der Waals surface area contributed by atoms with Gasteiger partial charge in [0.2, 0.25) is 0 Å². The van der Waals surface area contributed by atoms with E-state index in [0.29, 0.717) is 18.8 Å². The number of nitriles is 1. The van der Waals surface area contributed by atoms with E-state index in [-0.39, 0.29) is 5.56 Å². The minimum Gasteiger partial charge on any atom is -0.369 e. The van der Waals surface area contributed by atoms with Gasteiger partial charge in [-0.15, -0.1) is 11.3 Å². The van der Waals surface area contributed by atoms with Gasteiger partial charge >= 0.3 is 6.18 Å². The van der Waals surface area contributed by atoms with E-state index in [2.05, 4.69) is 9.88 Å². The second-order valence-corrected chi connectivity index (χ2v) is 6.66. The maximum Gasteiger partial charge on any atom is 0.416 e. The molecule has 4 nitrogen and oxygen atoms in total. The summed E-state index contributed by atoms with van der Waals surface area (Å²) in [4.78, 5) is 8.57. The molecule has 1 fully saturated rings. The highest BCUT2D eigenvalue weighted by molar-refractivity contribution is 7.07. The van der Waals surface area contributed by atoms with Gasteiger partial charge in [-0.1, -0.05) is 0 Å². The second kappa shape index (κ2) is 7.42. The first kappa shape index (κ1) is 17.7. The minimum absolute atomic E-state index is 0.0720. The van der Waals surface area contributed by atoms with Crippen LogP contribution in [-0.2, 0) is 12.7 Å². The molecule has 0 bridgehead atoms. The Morgan fingerprint density at radius 2 is 2.04 bits per heavy atom. The Bertz CT molecular complexity index is 752. The largest absolute Gasteiger partial charge is 0.416 e. The SMILES string of the molecule is N#Cc1cc(C(F)(F)F)ccc1N1CCCN(Cc2cscn2)CC1. The number of hydrogen-bond acceptors (Lipinski definition) is 5. The third-order valence-corrected chi connectivity index (χ3v) is 4.88. The molecule has 132 valence electrons. The van der Waals surface area contributed by atoms with E-state index in [9.17, 15) is 18.4 Å². The van der Waals surface area contributed by atoms with Gasteiger partial charge in [-0.3, -0.25) is 4.90 Å². The zero-order chi connectivity index (χ0) is 17.9. The molecule has 1 aliphatic heterocycles. The molecule has 0 spiro atoms. The summed E-state index contributed by atoms with van der Waals surface area (Å²) in [5, 5.41) is 11.3. The van der Waals surface area contributed by atoms with Crippen LogP contribution >= 0.6 is 11.3 Å². The second-order valence-electron chi connectivity index (χ2n) is 5.94. The van der Waals surface area contributed by atoms with Gasteiger partial charge in [0.1, 0.15) is 6.07 Å². The van der Waals surface area contributed by atoms with Gasteiger partial charge in [0, 0.05) is 38.1 Å². The molecule has 0 aliphatic carbocycles. The number of anilines is 1. The number of alkyl halides is 3. The first-order valence-corrected chi connectivity index (χ1v) is 8.87. The number of benzene rings is 1. The van der Waals surface area contributed by atoms with Gasteiger partial charge < -0.3 is 4.90 Å². The molecule has 0 radical (unpaired) electrons. The fraction of sp³-hybridized carbons (Fsp3) is 0.412. The van der Waals surface area contributed by atoms with Crippen molar-refractivity contribution in [3.05, 3.63) is 45.9 Å². The number of hydrogen-bond donors (Lipinski definition) is 0. The van der Waals surface area contributed by atoms with E-state index in [1.807, 2.05) is 16.3 Å². The molecule has 0 amide bonds. The van der Waals surface area contributed by atoms with Crippen LogP contribution in [0.3, 0.4) is 0 Å². The summed E-state index contributed by atoms with van der Waals surface area (Å²) in [6, 6.07) is 5.31. The third-order valence-electron chi connectivity index (χ3n) is 4.24. The predicted molar refractivity (Wildman–Crippen MR) is 90.4 cm³/mol. The summed E-state index contributed by atoms with van der Waals surface area (Å²) in [5.41, 5.74) is 2.70. The van der Waals surface area contributed by atoms with Crippen LogP contribution in [-0.4, -0.2) is 36.1 Å². The van der Waals surface area contributed by atoms with E-state index in [1.165, 1.54) is 6.07 Å². The number of thiazole rings is 1. The van der Waals surface area contributed by atoms with E-state index in [1.54, 1.807) is 16.8 Å². The maximum atomic E-state index is 12.8. The molecule has 1 saturated heterocycles. The fourth-order valence-electron chi connectivity index (χ4n) is 2.99. The molecule has 0 unspecified atom stereocenters. The molecule has 1 aromatic carbocycles. The summed E-state index contributed by atoms with van der Waals surface area (Å²) in [6.45, 7) is 3.84. The van der Waals surface area contributed by atoms with Crippen molar-refractivity contribution in [2.24, 2.45) is 0 Å². The van der Waals surface area contributed by atoms with Crippen LogP contribution in [0, 0.1) is 11.3 Å². The van der Waals surface area contributed by atoms with Gasteiger partial charge in [0.15, 0.2) is 0 Å². The molecule has 1 aliphatic rings. The molecule has 0 N–H and O–H groups in total. The number of nitrogens with zero attached hydrogens (tertiary/aromatic N) is 4. The van der Waals surface area contributed by atoms with Crippen molar-refractivity contribution in [1.29, 1.82) is 5.26 Å². The predicted octanol–water partition coefficient (Wildman–Crippen LogP) is 3.75. The Hall–Kier alpha value is -2.11. The summed E-state index contributed by atoms with van der Waals surface area (Å²) in [6.07, 6.45) is -3.55. The van der Waals surface area contributed by atoms with Crippen molar-refractivity contribution < 1.29 is 13.2 Å². The van der Waals surface area contributed by atoms with Crippen LogP contribution in [0.25, 0.3) is 0 Å². The lowest BCUT2D eigenvalue weighted by Crippen LogP contribution is -2.31. The highest BCUT2D eigenvalue weighted by Gasteiger charge is 2.31. The molecule has 25 heavy (non-hydrogen) atoms. The number of halogens is 3. The molecule has 8 heteroatoms. The first-order valence-electron chi connectivity index (χ1n) is 7.93. The Kier molecular flexibility index (Phi) is 5.25. The van der Waals surface area contributed by atoms with E-state index in [4.69, 9.17) is 0 Å². The molecular formula is C17H17F3N4S. The molecule has 0 saturated carbocycles. The van der Waals surface area contributed by atoms with Gasteiger partial charge in [0.25, 0.3) is 0 Å². The van der Waals surface area contributed by atoms with Gasteiger partial charge in [0.05, 0.1) is 28.0 Å². The van der Waals surface area contributed by atoms with Crippen LogP contribution in [0.4, 0.5) is 18.9 Å². The minimum atomic E-state index is -4.44.